The molecular weight excluding hydrogens is 616 g/mol. The Kier molecular flexibility index (Phi) is 9.05. The van der Waals surface area contributed by atoms with Gasteiger partial charge in [-0.15, -0.1) is 0 Å². The highest BCUT2D eigenvalue weighted by Gasteiger charge is 2.35. The molecule has 13 heteroatoms. The molecule has 0 aliphatic carbocycles. The smallest absolute Gasteiger partial charge is 0.338 e. The summed E-state index contributed by atoms with van der Waals surface area (Å²) in [5.74, 6) is -0.183. The number of nitro groups is 1. The molecule has 0 saturated carbocycles. The zero-order valence-electron chi connectivity index (χ0n) is 22.5. The summed E-state index contributed by atoms with van der Waals surface area (Å²) in [5.41, 5.74) is 0.729. The molecule has 11 nitrogen and oxygen atoms in total. The number of aromatic nitrogens is 1. The van der Waals surface area contributed by atoms with Gasteiger partial charge in [0.15, 0.2) is 11.4 Å². The molecule has 0 saturated heterocycles. The molecule has 4 rings (SSSR count). The van der Waals surface area contributed by atoms with E-state index in [4.69, 9.17) is 19.5 Å². The number of allylic oxidation sites excluding steroid dienone is 1. The molecule has 0 radical (unpaired) electrons. The quantitative estimate of drug-likeness (QED) is 0.192. The lowest BCUT2D eigenvalue weighted by Crippen LogP contribution is -2.40. The number of thiazole rings is 1. The number of hydrogen-bond acceptors (Lipinski definition) is 10. The minimum absolute atomic E-state index is 0.0911. The molecule has 0 spiro atoms. The summed E-state index contributed by atoms with van der Waals surface area (Å²) >= 11 is 4.36. The Hall–Kier alpha value is -4.28. The van der Waals surface area contributed by atoms with Crippen LogP contribution in [0.5, 0.6) is 11.5 Å². The summed E-state index contributed by atoms with van der Waals surface area (Å²) in [5, 5.41) is 20.6. The molecule has 0 unspecified atom stereocenters. The van der Waals surface area contributed by atoms with Gasteiger partial charge in [0.25, 0.3) is 5.56 Å². The first-order valence-corrected chi connectivity index (χ1v) is 14.1. The van der Waals surface area contributed by atoms with Crippen LogP contribution in [-0.4, -0.2) is 34.8 Å². The SMILES string of the molecule is CCOC(=O)C1=C(C)N=c2s/c(=C\c3cc(Br)c(OCC#N)c([N+](=O)[O-])c3)c(=O)n2[C@H]1c1ccccc1OC(C)C. The van der Waals surface area contributed by atoms with Gasteiger partial charge >= 0.3 is 11.7 Å². The lowest BCUT2D eigenvalue weighted by atomic mass is 9.95. The van der Waals surface area contributed by atoms with Gasteiger partial charge in [-0.05, 0) is 67.4 Å². The van der Waals surface area contributed by atoms with E-state index in [0.29, 0.717) is 27.4 Å². The molecule has 1 aliphatic rings. The van der Waals surface area contributed by atoms with Crippen molar-refractivity contribution in [3.8, 4) is 17.6 Å². The number of para-hydroxylation sites is 1. The number of nitrogens with zero attached hydrogens (tertiary/aromatic N) is 4. The molecule has 0 N–H and O–H groups in total. The standard InChI is InChI=1S/C28H25BrN4O7S/c1-5-38-27(35)23-16(4)31-28-32(24(23)18-8-6-7-9-21(18)40-15(2)3)26(34)22(41-28)14-17-12-19(29)25(39-11-10-30)20(13-17)33(36)37/h6-9,12-15,24H,5,11H2,1-4H3/b22-14-/t24-/m0/s1. The van der Waals surface area contributed by atoms with Crippen LogP contribution in [-0.2, 0) is 9.53 Å². The number of nitriles is 1. The topological polar surface area (TPSA) is 146 Å². The third-order valence-electron chi connectivity index (χ3n) is 5.92. The Bertz CT molecular complexity index is 1790. The molecule has 1 aromatic heterocycles. The van der Waals surface area contributed by atoms with E-state index >= 15 is 0 Å². The number of esters is 1. The van der Waals surface area contributed by atoms with E-state index < -0.39 is 22.5 Å². The lowest BCUT2D eigenvalue weighted by molar-refractivity contribution is -0.385. The molecule has 0 bridgehead atoms. The van der Waals surface area contributed by atoms with Crippen molar-refractivity contribution in [1.82, 2.24) is 4.57 Å². The Morgan fingerprint density at radius 1 is 1.34 bits per heavy atom. The van der Waals surface area contributed by atoms with Gasteiger partial charge in [-0.2, -0.15) is 5.26 Å². The van der Waals surface area contributed by atoms with Crippen molar-refractivity contribution >= 4 is 45.0 Å². The Morgan fingerprint density at radius 2 is 2.07 bits per heavy atom. The molecule has 212 valence electrons. The third-order valence-corrected chi connectivity index (χ3v) is 7.49. The van der Waals surface area contributed by atoms with E-state index in [9.17, 15) is 19.7 Å². The van der Waals surface area contributed by atoms with Gasteiger partial charge in [-0.25, -0.2) is 9.79 Å². The van der Waals surface area contributed by atoms with Crippen LogP contribution in [0.1, 0.15) is 44.9 Å². The van der Waals surface area contributed by atoms with Crippen molar-refractivity contribution in [2.45, 2.75) is 39.8 Å². The van der Waals surface area contributed by atoms with Crippen LogP contribution >= 0.6 is 27.3 Å². The summed E-state index contributed by atoms with van der Waals surface area (Å²) in [6.07, 6.45) is 1.34. The van der Waals surface area contributed by atoms with Crippen LogP contribution < -0.4 is 24.4 Å². The fourth-order valence-corrected chi connectivity index (χ4v) is 6.00. The maximum Gasteiger partial charge on any atom is 0.338 e. The first kappa shape index (κ1) is 29.7. The number of benzene rings is 2. The lowest BCUT2D eigenvalue weighted by Gasteiger charge is -2.26. The van der Waals surface area contributed by atoms with Crippen molar-refractivity contribution in [2.75, 3.05) is 13.2 Å². The van der Waals surface area contributed by atoms with Crippen LogP contribution in [0.4, 0.5) is 5.69 Å². The van der Waals surface area contributed by atoms with E-state index in [1.54, 1.807) is 50.2 Å². The molecular formula is C28H25BrN4O7S. The van der Waals surface area contributed by atoms with E-state index in [0.717, 1.165) is 11.3 Å². The first-order chi connectivity index (χ1) is 19.6. The monoisotopic (exact) mass is 640 g/mol. The second-order valence-corrected chi connectivity index (χ2v) is 10.9. The normalized spacial score (nSPS) is 14.8. The first-order valence-electron chi connectivity index (χ1n) is 12.5. The second kappa shape index (κ2) is 12.5. The molecule has 3 aromatic rings. The predicted molar refractivity (Wildman–Crippen MR) is 155 cm³/mol. The highest BCUT2D eigenvalue weighted by Crippen LogP contribution is 2.38. The van der Waals surface area contributed by atoms with Crippen LogP contribution in [0.15, 0.2) is 61.9 Å². The highest BCUT2D eigenvalue weighted by molar-refractivity contribution is 9.10. The molecule has 0 fully saturated rings. The predicted octanol–water partition coefficient (Wildman–Crippen LogP) is 4.16. The molecule has 0 amide bonds. The Balaban J connectivity index is 1.96. The molecule has 1 atom stereocenters. The summed E-state index contributed by atoms with van der Waals surface area (Å²) < 4.78 is 18.5. The summed E-state index contributed by atoms with van der Waals surface area (Å²) in [7, 11) is 0. The Labute approximate surface area is 246 Å². The fraction of sp³-hybridized carbons (Fsp3) is 0.286. The zero-order valence-corrected chi connectivity index (χ0v) is 24.9. The van der Waals surface area contributed by atoms with Gasteiger partial charge in [-0.3, -0.25) is 19.5 Å². The molecule has 41 heavy (non-hydrogen) atoms. The van der Waals surface area contributed by atoms with Crippen LogP contribution in [0.2, 0.25) is 0 Å². The number of carbonyl (C=O) groups is 1. The van der Waals surface area contributed by atoms with Crippen LogP contribution in [0.25, 0.3) is 6.08 Å². The minimum atomic E-state index is -0.884. The van der Waals surface area contributed by atoms with Gasteiger partial charge < -0.3 is 14.2 Å². The van der Waals surface area contributed by atoms with Crippen LogP contribution in [0, 0.1) is 21.4 Å². The molecule has 2 heterocycles. The van der Waals surface area contributed by atoms with Crippen molar-refractivity contribution < 1.29 is 23.9 Å². The van der Waals surface area contributed by atoms with E-state index in [1.807, 2.05) is 13.8 Å². The summed E-state index contributed by atoms with van der Waals surface area (Å²) in [6.45, 7) is 6.90. The fourth-order valence-electron chi connectivity index (χ4n) is 4.37. The maximum atomic E-state index is 13.9. The van der Waals surface area contributed by atoms with E-state index in [2.05, 4.69) is 20.9 Å². The summed E-state index contributed by atoms with van der Waals surface area (Å²) in [4.78, 5) is 43.1. The zero-order chi connectivity index (χ0) is 29.8. The van der Waals surface area contributed by atoms with Crippen LogP contribution in [0.3, 0.4) is 0 Å². The number of carbonyl (C=O) groups excluding carboxylic acids is 1. The van der Waals surface area contributed by atoms with Gasteiger partial charge in [0, 0.05) is 11.6 Å². The summed E-state index contributed by atoms with van der Waals surface area (Å²) in [6, 6.07) is 10.9. The van der Waals surface area contributed by atoms with E-state index in [1.165, 1.54) is 16.7 Å². The number of ether oxygens (including phenoxy) is 3. The van der Waals surface area contributed by atoms with Crippen molar-refractivity contribution in [2.24, 2.45) is 4.99 Å². The minimum Gasteiger partial charge on any atom is -0.491 e. The van der Waals surface area contributed by atoms with Crippen molar-refractivity contribution in [1.29, 1.82) is 5.26 Å². The van der Waals surface area contributed by atoms with Crippen molar-refractivity contribution in [3.05, 3.63) is 93.1 Å². The average molecular weight is 642 g/mol. The largest absolute Gasteiger partial charge is 0.491 e. The number of rotatable bonds is 9. The van der Waals surface area contributed by atoms with Gasteiger partial charge in [0.2, 0.25) is 5.75 Å². The highest BCUT2D eigenvalue weighted by atomic mass is 79.9. The second-order valence-electron chi connectivity index (χ2n) is 9.06. The maximum absolute atomic E-state index is 13.9. The number of hydrogen-bond donors (Lipinski definition) is 0. The average Bonchev–Trinajstić information content (AvgIpc) is 3.21. The number of halogens is 1. The number of fused-ring (bicyclic) bond motifs is 1. The van der Waals surface area contributed by atoms with Gasteiger partial charge in [0.1, 0.15) is 17.9 Å². The number of nitro benzene ring substituents is 1. The molecule has 2 aromatic carbocycles. The third kappa shape index (κ3) is 6.08. The van der Waals surface area contributed by atoms with Gasteiger partial charge in [0.05, 0.1) is 37.9 Å². The van der Waals surface area contributed by atoms with Gasteiger partial charge in [-0.1, -0.05) is 29.5 Å². The Morgan fingerprint density at radius 3 is 2.73 bits per heavy atom. The molecule has 1 aliphatic heterocycles. The van der Waals surface area contributed by atoms with E-state index in [-0.39, 0.29) is 45.3 Å². The van der Waals surface area contributed by atoms with Crippen molar-refractivity contribution in [3.63, 3.8) is 0 Å².